The van der Waals surface area contributed by atoms with E-state index >= 15 is 0 Å². The summed E-state index contributed by atoms with van der Waals surface area (Å²) in [6.07, 6.45) is 0. The van der Waals surface area contributed by atoms with Gasteiger partial charge in [-0.2, -0.15) is 0 Å². The molecule has 0 aliphatic heterocycles. The van der Waals surface area contributed by atoms with Crippen LogP contribution >= 0.6 is 59.1 Å². The van der Waals surface area contributed by atoms with Crippen molar-refractivity contribution in [2.75, 3.05) is 20.3 Å². The standard InChI is InChI=1S/C14H13Br3O2S/c1-18-6-7-19-11-3-2-9(8-10(11)15)14(17)12-4-5-13(16)20-12/h2-5,8,14H,6-7H2,1H3. The van der Waals surface area contributed by atoms with Gasteiger partial charge in [-0.1, -0.05) is 22.0 Å². The maximum Gasteiger partial charge on any atom is 0.133 e. The van der Waals surface area contributed by atoms with E-state index in [0.717, 1.165) is 14.0 Å². The van der Waals surface area contributed by atoms with Crippen molar-refractivity contribution in [2.45, 2.75) is 4.83 Å². The predicted molar refractivity (Wildman–Crippen MR) is 94.3 cm³/mol. The Bertz CT molecular complexity index is 571. The number of alkyl halides is 1. The largest absolute Gasteiger partial charge is 0.490 e. The van der Waals surface area contributed by atoms with Gasteiger partial charge < -0.3 is 9.47 Å². The van der Waals surface area contributed by atoms with Crippen molar-refractivity contribution in [3.63, 3.8) is 0 Å². The van der Waals surface area contributed by atoms with Crippen LogP contribution in [-0.2, 0) is 4.74 Å². The number of thiophene rings is 1. The van der Waals surface area contributed by atoms with Crippen molar-refractivity contribution >= 4 is 59.1 Å². The molecule has 0 aliphatic rings. The van der Waals surface area contributed by atoms with E-state index in [1.807, 2.05) is 6.07 Å². The van der Waals surface area contributed by atoms with Gasteiger partial charge in [0.1, 0.15) is 12.4 Å². The zero-order valence-corrected chi connectivity index (χ0v) is 16.3. The highest BCUT2D eigenvalue weighted by atomic mass is 79.9. The molecule has 2 rings (SSSR count). The van der Waals surface area contributed by atoms with E-state index in [9.17, 15) is 0 Å². The second-order valence-corrected chi connectivity index (χ2v) is 8.30. The molecule has 6 heteroatoms. The Labute approximate surface area is 147 Å². The van der Waals surface area contributed by atoms with Gasteiger partial charge in [0, 0.05) is 12.0 Å². The number of hydrogen-bond donors (Lipinski definition) is 0. The quantitative estimate of drug-likeness (QED) is 0.382. The lowest BCUT2D eigenvalue weighted by atomic mass is 10.1. The van der Waals surface area contributed by atoms with Crippen LogP contribution < -0.4 is 4.74 Å². The van der Waals surface area contributed by atoms with E-state index in [2.05, 4.69) is 72.1 Å². The summed E-state index contributed by atoms with van der Waals surface area (Å²) in [5.74, 6) is 0.831. The highest BCUT2D eigenvalue weighted by molar-refractivity contribution is 9.11. The number of methoxy groups -OCH3 is 1. The molecule has 2 nitrogen and oxygen atoms in total. The fourth-order valence-electron chi connectivity index (χ4n) is 1.66. The van der Waals surface area contributed by atoms with Crippen LogP contribution in [0.3, 0.4) is 0 Å². The molecule has 20 heavy (non-hydrogen) atoms. The summed E-state index contributed by atoms with van der Waals surface area (Å²) in [6, 6.07) is 10.3. The van der Waals surface area contributed by atoms with Gasteiger partial charge in [-0.25, -0.2) is 0 Å². The lowest BCUT2D eigenvalue weighted by Crippen LogP contribution is -2.04. The van der Waals surface area contributed by atoms with Crippen LogP contribution in [0.5, 0.6) is 5.75 Å². The highest BCUT2D eigenvalue weighted by Crippen LogP contribution is 2.39. The Hall–Kier alpha value is 0.120. The fourth-order valence-corrected chi connectivity index (χ4v) is 4.31. The molecule has 2 aromatic rings. The summed E-state index contributed by atoms with van der Waals surface area (Å²) >= 11 is 12.5. The number of ether oxygens (including phenoxy) is 2. The second kappa shape index (κ2) is 7.94. The molecule has 0 saturated carbocycles. The topological polar surface area (TPSA) is 18.5 Å². The molecule has 0 saturated heterocycles. The van der Waals surface area contributed by atoms with Gasteiger partial charge in [0.2, 0.25) is 0 Å². The van der Waals surface area contributed by atoms with Crippen LogP contribution in [0.2, 0.25) is 0 Å². The third kappa shape index (κ3) is 4.31. The van der Waals surface area contributed by atoms with Gasteiger partial charge in [-0.15, -0.1) is 11.3 Å². The van der Waals surface area contributed by atoms with E-state index in [1.165, 1.54) is 10.4 Å². The maximum absolute atomic E-state index is 5.63. The van der Waals surface area contributed by atoms with Crippen LogP contribution in [0.1, 0.15) is 15.3 Å². The fraction of sp³-hybridized carbons (Fsp3) is 0.286. The summed E-state index contributed by atoms with van der Waals surface area (Å²) in [4.78, 5) is 1.44. The Morgan fingerprint density at radius 3 is 2.55 bits per heavy atom. The van der Waals surface area contributed by atoms with E-state index in [4.69, 9.17) is 9.47 Å². The minimum atomic E-state index is 0.183. The molecular weight excluding hydrogens is 472 g/mol. The number of rotatable bonds is 6. The molecule has 1 unspecified atom stereocenters. The molecule has 0 bridgehead atoms. The molecule has 0 spiro atoms. The minimum absolute atomic E-state index is 0.183. The van der Waals surface area contributed by atoms with Crippen LogP contribution in [0.4, 0.5) is 0 Å². The summed E-state index contributed by atoms with van der Waals surface area (Å²) < 4.78 is 12.7. The Kier molecular flexibility index (Phi) is 6.55. The molecule has 0 N–H and O–H groups in total. The normalized spacial score (nSPS) is 12.4. The van der Waals surface area contributed by atoms with Crippen LogP contribution in [0.25, 0.3) is 0 Å². The first-order valence-corrected chi connectivity index (χ1v) is 9.24. The third-order valence-corrected chi connectivity index (χ3v) is 6.27. The van der Waals surface area contributed by atoms with Gasteiger partial charge in [-0.3, -0.25) is 0 Å². The Balaban J connectivity index is 2.12. The molecule has 0 fully saturated rings. The molecule has 1 aromatic carbocycles. The predicted octanol–water partition coefficient (Wildman–Crippen LogP) is 5.78. The third-order valence-electron chi connectivity index (χ3n) is 2.64. The first kappa shape index (κ1) is 16.5. The van der Waals surface area contributed by atoms with Gasteiger partial charge >= 0.3 is 0 Å². The number of benzene rings is 1. The molecule has 0 aliphatic carbocycles. The number of hydrogen-bond acceptors (Lipinski definition) is 3. The van der Waals surface area contributed by atoms with Gasteiger partial charge in [0.25, 0.3) is 0 Å². The number of halogens is 3. The van der Waals surface area contributed by atoms with Gasteiger partial charge in [0.15, 0.2) is 0 Å². The van der Waals surface area contributed by atoms with Crippen LogP contribution in [-0.4, -0.2) is 20.3 Å². The molecule has 0 amide bonds. The van der Waals surface area contributed by atoms with Crippen molar-refractivity contribution in [3.8, 4) is 5.75 Å². The Morgan fingerprint density at radius 2 is 1.95 bits per heavy atom. The summed E-state index contributed by atoms with van der Waals surface area (Å²) in [7, 11) is 1.66. The van der Waals surface area contributed by atoms with Gasteiger partial charge in [-0.05, 0) is 61.7 Å². The SMILES string of the molecule is COCCOc1ccc(C(Br)c2ccc(Br)s2)cc1Br. The van der Waals surface area contributed by atoms with E-state index in [0.29, 0.717) is 13.2 Å². The zero-order chi connectivity index (χ0) is 14.5. The van der Waals surface area contributed by atoms with Crippen molar-refractivity contribution in [1.82, 2.24) is 0 Å². The summed E-state index contributed by atoms with van der Waals surface area (Å²) in [5.41, 5.74) is 1.19. The van der Waals surface area contributed by atoms with Crippen molar-refractivity contribution in [1.29, 1.82) is 0 Å². The molecular formula is C14H13Br3O2S. The summed E-state index contributed by atoms with van der Waals surface area (Å²) in [5, 5.41) is 0. The minimum Gasteiger partial charge on any atom is -0.490 e. The van der Waals surface area contributed by atoms with Crippen LogP contribution in [0, 0.1) is 0 Å². The first-order chi connectivity index (χ1) is 9.61. The maximum atomic E-state index is 5.63. The van der Waals surface area contributed by atoms with E-state index in [1.54, 1.807) is 18.4 Å². The lowest BCUT2D eigenvalue weighted by Gasteiger charge is -2.12. The molecule has 0 radical (unpaired) electrons. The molecule has 1 aromatic heterocycles. The summed E-state index contributed by atoms with van der Waals surface area (Å²) in [6.45, 7) is 1.13. The monoisotopic (exact) mass is 482 g/mol. The average molecular weight is 485 g/mol. The first-order valence-electron chi connectivity index (χ1n) is 5.92. The zero-order valence-electron chi connectivity index (χ0n) is 10.7. The van der Waals surface area contributed by atoms with Crippen molar-refractivity contribution in [2.24, 2.45) is 0 Å². The smallest absolute Gasteiger partial charge is 0.133 e. The van der Waals surface area contributed by atoms with Gasteiger partial charge in [0.05, 0.1) is 19.7 Å². The Morgan fingerprint density at radius 1 is 1.15 bits per heavy atom. The lowest BCUT2D eigenvalue weighted by molar-refractivity contribution is 0.146. The van der Waals surface area contributed by atoms with Crippen molar-refractivity contribution < 1.29 is 9.47 Å². The molecule has 1 heterocycles. The van der Waals surface area contributed by atoms with E-state index in [-0.39, 0.29) is 4.83 Å². The van der Waals surface area contributed by atoms with E-state index < -0.39 is 0 Å². The highest BCUT2D eigenvalue weighted by Gasteiger charge is 2.14. The average Bonchev–Trinajstić information content (AvgIpc) is 2.86. The molecule has 108 valence electrons. The van der Waals surface area contributed by atoms with Crippen LogP contribution in [0.15, 0.2) is 38.6 Å². The van der Waals surface area contributed by atoms with Crippen molar-refractivity contribution in [3.05, 3.63) is 49.0 Å². The molecule has 1 atom stereocenters. The second-order valence-electron chi connectivity index (χ2n) is 4.04.